The second-order valence-electron chi connectivity index (χ2n) is 34.7. The Morgan fingerprint density at radius 3 is 1.17 bits per heavy atom. The molecule has 36 heteroatoms. The number of aliphatic carboxylic acids is 2. The molecule has 17 N–H and O–H groups in total. The van der Waals surface area contributed by atoms with Gasteiger partial charge in [0.05, 0.1) is 19.8 Å². The van der Waals surface area contributed by atoms with E-state index in [0.29, 0.717) is 25.7 Å². The molecule has 738 valence electrons. The van der Waals surface area contributed by atoms with E-state index in [1.54, 1.807) is 6.92 Å². The summed E-state index contributed by atoms with van der Waals surface area (Å²) in [6.07, 6.45) is 27.0. The Kier molecular flexibility index (Phi) is 57.8. The van der Waals surface area contributed by atoms with Crippen molar-refractivity contribution in [3.63, 3.8) is 0 Å². The lowest BCUT2D eigenvalue weighted by atomic mass is 9.94. The smallest absolute Gasteiger partial charge is 0.480 e. The number of phosphoric ester groups is 2. The van der Waals surface area contributed by atoms with Crippen molar-refractivity contribution in [2.45, 2.75) is 383 Å². The molecular formula is C94H156N8O26P2. The van der Waals surface area contributed by atoms with Gasteiger partial charge in [-0.15, -0.1) is 0 Å². The third kappa shape index (κ3) is 50.4. The first-order valence-corrected chi connectivity index (χ1v) is 48.4. The number of hydrogen-bond acceptors (Lipinski definition) is 23. The molecule has 0 aromatic carbocycles. The van der Waals surface area contributed by atoms with Gasteiger partial charge in [0.2, 0.25) is 41.4 Å². The van der Waals surface area contributed by atoms with Crippen molar-refractivity contribution >= 4 is 68.9 Å². The average Bonchev–Trinajstić information content (AvgIpc) is 0.764. The first-order chi connectivity index (χ1) is 61.1. The van der Waals surface area contributed by atoms with Crippen molar-refractivity contribution < 1.29 is 125 Å². The topological polar surface area (TPSA) is 524 Å². The molecule has 0 aromatic heterocycles. The lowest BCUT2D eigenvalue weighted by Crippen LogP contribution is -2.70. The van der Waals surface area contributed by atoms with Crippen LogP contribution in [0.3, 0.4) is 0 Å². The van der Waals surface area contributed by atoms with Crippen molar-refractivity contribution in [2.75, 3.05) is 26.4 Å². The number of amides is 7. The summed E-state index contributed by atoms with van der Waals surface area (Å²) in [4.78, 5) is 138. The number of nitrogens with two attached hydrogens (primary N) is 1. The van der Waals surface area contributed by atoms with E-state index < -0.39 is 199 Å². The molecule has 0 saturated carbocycles. The number of aliphatic hydroxyl groups is 4. The molecule has 0 aromatic rings. The summed E-state index contributed by atoms with van der Waals surface area (Å²) in [5.41, 5.74) is 20.4. The maximum Gasteiger partial charge on any atom is 0.483 e. The highest BCUT2D eigenvalue weighted by molar-refractivity contribution is 7.61. The number of unbranched alkanes of at least 4 members (excludes halogenated alkanes) is 1. The van der Waals surface area contributed by atoms with Gasteiger partial charge in [-0.3, -0.25) is 47.4 Å². The highest BCUT2D eigenvalue weighted by atomic mass is 31.3. The second kappa shape index (κ2) is 63.5. The van der Waals surface area contributed by atoms with E-state index in [2.05, 4.69) is 172 Å². The molecule has 2 aliphatic heterocycles. The molecule has 7 amide bonds. The Morgan fingerprint density at radius 1 is 0.408 bits per heavy atom. The molecule has 130 heavy (non-hydrogen) atoms. The zero-order chi connectivity index (χ0) is 98.0. The zero-order valence-electron chi connectivity index (χ0n) is 80.0. The third-order valence-corrected chi connectivity index (χ3v) is 24.7. The maximum atomic E-state index is 14.1. The molecule has 34 nitrogen and oxygen atoms in total. The third-order valence-electron chi connectivity index (χ3n) is 22.1. The van der Waals surface area contributed by atoms with Gasteiger partial charge < -0.3 is 102 Å². The summed E-state index contributed by atoms with van der Waals surface area (Å²) >= 11 is 0. The van der Waals surface area contributed by atoms with Crippen LogP contribution in [0.15, 0.2) is 128 Å². The highest BCUT2D eigenvalue weighted by Crippen LogP contribution is 2.61. The minimum atomic E-state index is -5.95. The Hall–Kier alpha value is -7.73. The number of aliphatic hydroxyl groups excluding tert-OH is 4. The van der Waals surface area contributed by atoms with Crippen LogP contribution < -0.4 is 43.0 Å². The fourth-order valence-electron chi connectivity index (χ4n) is 14.0. The molecule has 2 saturated heterocycles. The average molecular weight is 1880 g/mol. The quantitative estimate of drug-likeness (QED) is 0.0153. The van der Waals surface area contributed by atoms with Gasteiger partial charge in [-0.05, 0) is 271 Å². The van der Waals surface area contributed by atoms with Crippen molar-refractivity contribution in [3.8, 4) is 0 Å². The van der Waals surface area contributed by atoms with E-state index in [4.69, 9.17) is 33.7 Å². The number of carboxylic acids is 2. The van der Waals surface area contributed by atoms with Crippen LogP contribution in [0.2, 0.25) is 0 Å². The van der Waals surface area contributed by atoms with Crippen LogP contribution in [0.4, 0.5) is 0 Å². The van der Waals surface area contributed by atoms with Crippen molar-refractivity contribution in [2.24, 2.45) is 5.73 Å². The van der Waals surface area contributed by atoms with E-state index in [-0.39, 0.29) is 13.0 Å². The molecule has 0 aliphatic carbocycles. The minimum Gasteiger partial charge on any atom is -0.480 e. The summed E-state index contributed by atoms with van der Waals surface area (Å²) in [6, 6.07) is -11.0. The molecule has 0 radical (unpaired) electrons. The van der Waals surface area contributed by atoms with E-state index in [1.807, 2.05) is 6.92 Å². The Morgan fingerprint density at radius 2 is 0.785 bits per heavy atom. The van der Waals surface area contributed by atoms with Gasteiger partial charge in [0.15, 0.2) is 12.6 Å². The zero-order valence-corrected chi connectivity index (χ0v) is 81.8. The van der Waals surface area contributed by atoms with Crippen molar-refractivity contribution in [1.29, 1.82) is 0 Å². The number of allylic oxidation sites excluding steroid dienone is 21. The number of carbonyl (C=O) groups is 9. The number of hydrogen-bond donors (Lipinski definition) is 16. The Balaban J connectivity index is 2.08. The largest absolute Gasteiger partial charge is 0.483 e. The predicted molar refractivity (Wildman–Crippen MR) is 499 cm³/mol. The lowest BCUT2D eigenvalue weighted by Gasteiger charge is -2.49. The molecule has 2 rings (SSSR count). The van der Waals surface area contributed by atoms with Gasteiger partial charge >= 0.3 is 27.6 Å². The van der Waals surface area contributed by atoms with Crippen LogP contribution in [0.1, 0.15) is 285 Å². The molecule has 2 unspecified atom stereocenters. The fourth-order valence-corrected chi connectivity index (χ4v) is 16.1. The first kappa shape index (κ1) is 118. The lowest BCUT2D eigenvalue weighted by molar-refractivity contribution is -0.331. The van der Waals surface area contributed by atoms with Crippen LogP contribution in [-0.4, -0.2) is 218 Å². The number of nitrogens with one attached hydrogen (secondary N) is 7. The van der Waals surface area contributed by atoms with Gasteiger partial charge in [0.1, 0.15) is 85.0 Å². The first-order valence-electron chi connectivity index (χ1n) is 45.4. The summed E-state index contributed by atoms with van der Waals surface area (Å²) < 4.78 is 66.3. The molecule has 0 spiro atoms. The van der Waals surface area contributed by atoms with E-state index in [9.17, 15) is 92.7 Å². The van der Waals surface area contributed by atoms with Gasteiger partial charge in [-0.1, -0.05) is 128 Å². The van der Waals surface area contributed by atoms with E-state index in [0.717, 1.165) is 149 Å². The number of phosphoric acid groups is 2. The van der Waals surface area contributed by atoms with E-state index in [1.165, 1.54) is 75.7 Å². The molecule has 2 aliphatic rings. The number of ether oxygens (including phenoxy) is 4. The fraction of sp³-hybridized carbons (Fsp3) is 0.670. The predicted octanol–water partition coefficient (Wildman–Crippen LogP) is 12.4. The summed E-state index contributed by atoms with van der Waals surface area (Å²) in [6.45, 7) is 30.1. The maximum absolute atomic E-state index is 14.1. The van der Waals surface area contributed by atoms with Gasteiger partial charge in [-0.2, -0.15) is 4.31 Å². The molecule has 2 heterocycles. The monoisotopic (exact) mass is 1880 g/mol. The number of carboxylic acid groups (broad SMARTS) is 2. The minimum absolute atomic E-state index is 0.0174. The van der Waals surface area contributed by atoms with Crippen LogP contribution >= 0.6 is 15.6 Å². The van der Waals surface area contributed by atoms with Gasteiger partial charge in [0, 0.05) is 20.3 Å². The van der Waals surface area contributed by atoms with Crippen LogP contribution in [0.5, 0.6) is 0 Å². The van der Waals surface area contributed by atoms with Crippen molar-refractivity contribution in [1.82, 2.24) is 37.2 Å². The Bertz CT molecular complexity index is 4070. The van der Waals surface area contributed by atoms with Gasteiger partial charge in [-0.25, -0.2) is 13.9 Å². The SMILES string of the molecule is CC(=O)N[C@H]1[C@H](O[C@H]2[C@H](O[C@H](C)C(=O)N[C@@H](C)C(=O)N[C@H](CCC(=O)N[C@@H](CCCCN)C(=O)N[C@H](C)C(=O)N[C@H](C)C(=O)O)C(=O)O)[C@@H](NC(C)=O)[C@@H](OP(=O)(O)OP(=O)(O)OC/C=C(\C)CC/C=C(\C)CC/C=C(\C)CC/C=C(\C)CC/C=C(\C)CC/C=C(\C)CC/C=C(\C)CC/C=C(\C)CC/C=C(\C)CC/C=C(\C)CCC=C(C)C)O[C@@H]2CO)O[C@H](CO)[C@@H](O)[C@@H]1O. The van der Waals surface area contributed by atoms with Gasteiger partial charge in [0.25, 0.3) is 0 Å². The second-order valence-corrected chi connectivity index (χ2v) is 37.7. The van der Waals surface area contributed by atoms with Crippen LogP contribution in [-0.2, 0) is 84.6 Å². The summed E-state index contributed by atoms with van der Waals surface area (Å²) in [7, 11) is -11.5. The number of rotatable bonds is 63. The number of carbonyl (C=O) groups excluding carboxylic acids is 7. The molecule has 18 atom stereocenters. The van der Waals surface area contributed by atoms with Crippen molar-refractivity contribution in [3.05, 3.63) is 128 Å². The van der Waals surface area contributed by atoms with E-state index >= 15 is 0 Å². The Labute approximate surface area is 770 Å². The molecule has 0 bridgehead atoms. The van der Waals surface area contributed by atoms with Crippen LogP contribution in [0, 0.1) is 0 Å². The molecular weight excluding hydrogens is 1720 g/mol. The summed E-state index contributed by atoms with van der Waals surface area (Å²) in [5, 5.41) is 78.7. The standard InChI is InChI=1S/C94H156N8O26P2/c1-59(2)31-21-32-60(3)33-22-34-61(4)35-23-36-62(5)37-24-38-63(6)39-25-40-64(7)41-26-42-65(8)43-27-44-66(9)45-28-46-67(10)47-29-48-68(11)49-30-50-69(12)54-56-122-129(118,119)128-130(120,121)127-94-82(100-75(18)106)86(85(79(58-104)125-94)126-93-81(99-74(17)105)84(109)83(108)78(57-103)124-93)123-73(16)89(112)96-71(14)88(111)102-77(92(116)117)52-53-80(107)101-76(51-19-20-55-95)90(113)97-70(13)87(110)98-72(15)91(114)115/h31,33,35,37,39,41,43,45,47,49,54,70-73,76-79,81-86,93-94,103-104,108-109H,19-30,32,34,36,38,40,42,44,46,48,50-53,55-58,95H2,1-18H3,(H,96,112)(H,97,113)(H,98,110)(H,99,105)(H,100,106)(H,101,107)(H,102,111)(H,114,115)(H,116,117)(H,118,119)(H,120,121)/b60-33+,61-35+,62-37+,63-39+,64-41+,65-43+,66-45+,67-47+,68-49+,69-54+/t70-,71+,72-,73-,76+,77-,78-,79-,81-,82-,83-,84-,85-,86-,93+,94-/m1/s1. The van der Waals surface area contributed by atoms with Crippen LogP contribution in [0.25, 0.3) is 0 Å². The molecule has 2 fully saturated rings. The highest BCUT2D eigenvalue weighted by Gasteiger charge is 2.55. The summed E-state index contributed by atoms with van der Waals surface area (Å²) in [5.74, 6) is -9.61. The normalized spacial score (nSPS) is 22.4.